The Balaban J connectivity index is 1.97. The number of likely N-dealkylation sites (tertiary alicyclic amines) is 1. The fourth-order valence-electron chi connectivity index (χ4n) is 2.49. The van der Waals surface area contributed by atoms with Crippen LogP contribution in [-0.4, -0.2) is 41.0 Å². The van der Waals surface area contributed by atoms with Crippen LogP contribution in [0.15, 0.2) is 18.5 Å². The number of amides is 1. The van der Waals surface area contributed by atoms with E-state index in [-0.39, 0.29) is 11.9 Å². The Kier molecular flexibility index (Phi) is 2.25. The van der Waals surface area contributed by atoms with E-state index in [1.165, 1.54) is 0 Å². The van der Waals surface area contributed by atoms with Gasteiger partial charge in [-0.25, -0.2) is 0 Å². The predicted octanol–water partition coefficient (Wildman–Crippen LogP) is 0.379. The van der Waals surface area contributed by atoms with Gasteiger partial charge in [0.05, 0.1) is 18.0 Å². The molecule has 92 valence electrons. The van der Waals surface area contributed by atoms with E-state index in [4.69, 9.17) is 10.00 Å². The number of anilines is 1. The van der Waals surface area contributed by atoms with Crippen LogP contribution >= 0.6 is 0 Å². The van der Waals surface area contributed by atoms with Gasteiger partial charge in [0.15, 0.2) is 5.75 Å². The van der Waals surface area contributed by atoms with Crippen molar-refractivity contribution in [1.82, 2.24) is 9.88 Å². The Morgan fingerprint density at radius 1 is 1.72 bits per heavy atom. The van der Waals surface area contributed by atoms with E-state index in [1.54, 1.807) is 18.5 Å². The summed E-state index contributed by atoms with van der Waals surface area (Å²) < 4.78 is 5.83. The van der Waals surface area contributed by atoms with Gasteiger partial charge >= 0.3 is 0 Å². The van der Waals surface area contributed by atoms with Gasteiger partial charge in [0.25, 0.3) is 5.91 Å². The van der Waals surface area contributed by atoms with Crippen LogP contribution in [0.5, 0.6) is 5.75 Å². The van der Waals surface area contributed by atoms with Gasteiger partial charge in [-0.2, -0.15) is 5.26 Å². The van der Waals surface area contributed by atoms with Crippen LogP contribution in [0.2, 0.25) is 0 Å². The van der Waals surface area contributed by atoms with Gasteiger partial charge in [0.1, 0.15) is 6.04 Å². The summed E-state index contributed by atoms with van der Waals surface area (Å²) in [6.07, 6.45) is 3.55. The number of carbonyl (C=O) groups excluding carboxylic acids is 1. The average Bonchev–Trinajstić information content (AvgIpc) is 2.68. The van der Waals surface area contributed by atoms with E-state index in [1.807, 2.05) is 11.9 Å². The molecule has 0 aliphatic carbocycles. The summed E-state index contributed by atoms with van der Waals surface area (Å²) in [5, 5.41) is 11.9. The van der Waals surface area contributed by atoms with Crippen LogP contribution in [-0.2, 0) is 4.79 Å². The Morgan fingerprint density at radius 2 is 2.56 bits per heavy atom. The molecule has 2 aliphatic rings. The molecule has 3 heterocycles. The first-order chi connectivity index (χ1) is 8.64. The topological polar surface area (TPSA) is 78.2 Å². The molecule has 0 radical (unpaired) electrons. The molecule has 2 atom stereocenters. The SMILES string of the molecule is CN1C[C@@]2(C[C@H]1C#N)Oc1cnccc1NC2=O. The number of nitrogens with one attached hydrogen (secondary N) is 1. The van der Waals surface area contributed by atoms with Gasteiger partial charge in [-0.05, 0) is 13.1 Å². The van der Waals surface area contributed by atoms with Crippen molar-refractivity contribution in [2.24, 2.45) is 0 Å². The molecule has 1 N–H and O–H groups in total. The van der Waals surface area contributed by atoms with Gasteiger partial charge < -0.3 is 10.1 Å². The molecular formula is C12H12N4O2. The molecule has 1 spiro atoms. The minimum absolute atomic E-state index is 0.189. The number of carbonyl (C=O) groups is 1. The van der Waals surface area contributed by atoms with Crippen molar-refractivity contribution in [3.63, 3.8) is 0 Å². The first-order valence-electron chi connectivity index (χ1n) is 5.69. The van der Waals surface area contributed by atoms with Gasteiger partial charge in [-0.1, -0.05) is 0 Å². The second-order valence-corrected chi connectivity index (χ2v) is 4.69. The maximum Gasteiger partial charge on any atom is 0.270 e. The highest BCUT2D eigenvalue weighted by atomic mass is 16.5. The van der Waals surface area contributed by atoms with Gasteiger partial charge in [0, 0.05) is 19.2 Å². The second-order valence-electron chi connectivity index (χ2n) is 4.69. The zero-order chi connectivity index (χ0) is 12.8. The molecule has 1 amide bonds. The molecule has 6 heteroatoms. The lowest BCUT2D eigenvalue weighted by molar-refractivity contribution is -0.131. The van der Waals surface area contributed by atoms with E-state index >= 15 is 0 Å². The van der Waals surface area contributed by atoms with E-state index in [2.05, 4.69) is 16.4 Å². The summed E-state index contributed by atoms with van der Waals surface area (Å²) in [5.74, 6) is 0.370. The number of rotatable bonds is 0. The third-order valence-electron chi connectivity index (χ3n) is 3.46. The molecule has 6 nitrogen and oxygen atoms in total. The number of hydrogen-bond acceptors (Lipinski definition) is 5. The normalized spacial score (nSPS) is 30.4. The lowest BCUT2D eigenvalue weighted by Crippen LogP contribution is -2.52. The van der Waals surface area contributed by atoms with Crippen LogP contribution in [0.4, 0.5) is 5.69 Å². The largest absolute Gasteiger partial charge is 0.472 e. The Hall–Kier alpha value is -2.13. The van der Waals surface area contributed by atoms with Crippen molar-refractivity contribution in [2.45, 2.75) is 18.1 Å². The highest BCUT2D eigenvalue weighted by Crippen LogP contribution is 2.38. The third kappa shape index (κ3) is 1.45. The number of nitriles is 1. The zero-order valence-corrected chi connectivity index (χ0v) is 9.88. The molecule has 1 aromatic heterocycles. The number of hydrogen-bond donors (Lipinski definition) is 1. The summed E-state index contributed by atoms with van der Waals surface area (Å²) in [5.41, 5.74) is -0.339. The minimum atomic E-state index is -0.967. The predicted molar refractivity (Wildman–Crippen MR) is 62.9 cm³/mol. The smallest absolute Gasteiger partial charge is 0.270 e. The van der Waals surface area contributed by atoms with Gasteiger partial charge in [-0.3, -0.25) is 14.7 Å². The fraction of sp³-hybridized carbons (Fsp3) is 0.417. The third-order valence-corrected chi connectivity index (χ3v) is 3.46. The number of nitrogens with zero attached hydrogens (tertiary/aromatic N) is 3. The van der Waals surface area contributed by atoms with Crippen molar-refractivity contribution < 1.29 is 9.53 Å². The standard InChI is InChI=1S/C12H12N4O2/c1-16-7-12(4-8(16)5-13)11(17)15-9-2-3-14-6-10(9)18-12/h2-3,6,8H,4,7H2,1H3,(H,15,17)/t8-,12+/m0/s1. The van der Waals surface area contributed by atoms with E-state index in [9.17, 15) is 4.79 Å². The van der Waals surface area contributed by atoms with Crippen molar-refractivity contribution in [3.8, 4) is 11.8 Å². The Bertz CT molecular complexity index is 553. The molecular weight excluding hydrogens is 232 g/mol. The summed E-state index contributed by atoms with van der Waals surface area (Å²) in [6, 6.07) is 3.58. The molecule has 1 saturated heterocycles. The quantitative estimate of drug-likeness (QED) is 0.713. The summed E-state index contributed by atoms with van der Waals surface area (Å²) >= 11 is 0. The van der Waals surface area contributed by atoms with Crippen molar-refractivity contribution >= 4 is 11.6 Å². The maximum atomic E-state index is 12.2. The zero-order valence-electron chi connectivity index (χ0n) is 9.88. The van der Waals surface area contributed by atoms with Crippen LogP contribution in [0.25, 0.3) is 0 Å². The highest BCUT2D eigenvalue weighted by Gasteiger charge is 2.52. The number of aromatic nitrogens is 1. The van der Waals surface area contributed by atoms with E-state index in [0.717, 1.165) is 0 Å². The molecule has 1 aromatic rings. The highest BCUT2D eigenvalue weighted by molar-refractivity contribution is 6.01. The van der Waals surface area contributed by atoms with Crippen LogP contribution in [0.3, 0.4) is 0 Å². The molecule has 0 saturated carbocycles. The molecule has 1 fully saturated rings. The number of ether oxygens (including phenoxy) is 1. The lowest BCUT2D eigenvalue weighted by Gasteiger charge is -2.33. The average molecular weight is 244 g/mol. The molecule has 3 rings (SSSR count). The van der Waals surface area contributed by atoms with Crippen molar-refractivity contribution in [3.05, 3.63) is 18.5 Å². The van der Waals surface area contributed by atoms with Crippen molar-refractivity contribution in [2.75, 3.05) is 18.9 Å². The van der Waals surface area contributed by atoms with Crippen molar-refractivity contribution in [1.29, 1.82) is 5.26 Å². The number of pyridine rings is 1. The summed E-state index contributed by atoms with van der Waals surface area (Å²) in [4.78, 5) is 18.0. The Morgan fingerprint density at radius 3 is 3.28 bits per heavy atom. The van der Waals surface area contributed by atoms with E-state index in [0.29, 0.717) is 24.4 Å². The minimum Gasteiger partial charge on any atom is -0.472 e. The summed E-state index contributed by atoms with van der Waals surface area (Å²) in [6.45, 7) is 0.408. The molecule has 0 bridgehead atoms. The fourth-order valence-corrected chi connectivity index (χ4v) is 2.49. The van der Waals surface area contributed by atoms with E-state index < -0.39 is 5.60 Å². The van der Waals surface area contributed by atoms with Gasteiger partial charge in [0.2, 0.25) is 5.60 Å². The van der Waals surface area contributed by atoms with Gasteiger partial charge in [-0.15, -0.1) is 0 Å². The molecule has 0 unspecified atom stereocenters. The lowest BCUT2D eigenvalue weighted by atomic mass is 9.97. The molecule has 2 aliphatic heterocycles. The first kappa shape index (κ1) is 11.0. The summed E-state index contributed by atoms with van der Waals surface area (Å²) in [7, 11) is 1.82. The number of fused-ring (bicyclic) bond motifs is 1. The van der Waals surface area contributed by atoms with Crippen LogP contribution in [0.1, 0.15) is 6.42 Å². The monoisotopic (exact) mass is 244 g/mol. The second kappa shape index (κ2) is 3.68. The van der Waals surface area contributed by atoms with Crippen LogP contribution in [0, 0.1) is 11.3 Å². The molecule has 0 aromatic carbocycles. The maximum absolute atomic E-state index is 12.2. The van der Waals surface area contributed by atoms with Crippen LogP contribution < -0.4 is 10.1 Å². The molecule has 18 heavy (non-hydrogen) atoms. The number of likely N-dealkylation sites (N-methyl/N-ethyl adjacent to an activating group) is 1. The Labute approximate surface area is 104 Å². The first-order valence-corrected chi connectivity index (χ1v) is 5.69.